The number of nitrogens with two attached hydrogens (primary N) is 1. The van der Waals surface area contributed by atoms with Gasteiger partial charge in [-0.2, -0.15) is 0 Å². The van der Waals surface area contributed by atoms with Gasteiger partial charge in [-0.15, -0.1) is 0 Å². The molecule has 0 saturated heterocycles. The summed E-state index contributed by atoms with van der Waals surface area (Å²) in [4.78, 5) is 18.0. The van der Waals surface area contributed by atoms with Gasteiger partial charge >= 0.3 is 0 Å². The molecule has 0 radical (unpaired) electrons. The van der Waals surface area contributed by atoms with Crippen LogP contribution in [-0.2, 0) is 0 Å². The molecule has 0 saturated carbocycles. The number of hydrogen-bond donors (Lipinski definition) is 2. The van der Waals surface area contributed by atoms with Crippen molar-refractivity contribution in [2.24, 2.45) is 0 Å². The number of ether oxygens (including phenoxy) is 2. The van der Waals surface area contributed by atoms with Crippen LogP contribution in [0.3, 0.4) is 0 Å². The first-order valence-electron chi connectivity index (χ1n) is 5.65. The predicted octanol–water partition coefficient (Wildman–Crippen LogP) is 1.34. The largest absolute Gasteiger partial charge is 0.496 e. The van der Waals surface area contributed by atoms with E-state index < -0.39 is 0 Å². The molecule has 0 amide bonds. The molecule has 6 heteroatoms. The van der Waals surface area contributed by atoms with Crippen LogP contribution >= 0.6 is 0 Å². The van der Waals surface area contributed by atoms with Crippen LogP contribution in [0.25, 0.3) is 11.3 Å². The van der Waals surface area contributed by atoms with Crippen molar-refractivity contribution < 1.29 is 9.47 Å². The quantitative estimate of drug-likeness (QED) is 0.870. The number of nitrogens with one attached hydrogen (secondary N) is 1. The van der Waals surface area contributed by atoms with Gasteiger partial charge in [-0.25, -0.2) is 4.98 Å². The van der Waals surface area contributed by atoms with Gasteiger partial charge in [0.1, 0.15) is 11.5 Å². The van der Waals surface area contributed by atoms with E-state index in [1.807, 2.05) is 13.0 Å². The fraction of sp³-hybridized carbons (Fsp3) is 0.231. The second-order valence-electron chi connectivity index (χ2n) is 4.04. The second kappa shape index (κ2) is 5.01. The number of benzene rings is 1. The Morgan fingerprint density at radius 3 is 2.42 bits per heavy atom. The zero-order valence-corrected chi connectivity index (χ0v) is 11.0. The molecule has 1 heterocycles. The Morgan fingerprint density at radius 2 is 1.84 bits per heavy atom. The summed E-state index contributed by atoms with van der Waals surface area (Å²) in [5.41, 5.74) is 7.26. The smallest absolute Gasteiger partial charge is 0.252 e. The molecule has 100 valence electrons. The normalized spacial score (nSPS) is 10.3. The Bertz CT molecular complexity index is 665. The van der Waals surface area contributed by atoms with E-state index in [0.29, 0.717) is 22.8 Å². The minimum atomic E-state index is -0.316. The zero-order chi connectivity index (χ0) is 14.0. The van der Waals surface area contributed by atoms with Crippen LogP contribution < -0.4 is 20.8 Å². The average molecular weight is 261 g/mol. The Labute approximate surface area is 110 Å². The Hall–Kier alpha value is -2.50. The molecule has 0 aliphatic carbocycles. The molecule has 3 N–H and O–H groups in total. The highest BCUT2D eigenvalue weighted by atomic mass is 16.5. The van der Waals surface area contributed by atoms with Crippen molar-refractivity contribution in [2.75, 3.05) is 20.0 Å². The number of aromatic nitrogens is 2. The van der Waals surface area contributed by atoms with E-state index in [1.165, 1.54) is 6.07 Å². The van der Waals surface area contributed by atoms with Crippen LogP contribution in [0.15, 0.2) is 23.0 Å². The molecule has 2 aromatic rings. The first-order valence-corrected chi connectivity index (χ1v) is 5.65. The summed E-state index contributed by atoms with van der Waals surface area (Å²) in [5, 5.41) is 0. The number of anilines is 1. The van der Waals surface area contributed by atoms with Crippen molar-refractivity contribution >= 4 is 5.95 Å². The number of nitrogen functional groups attached to an aromatic ring is 1. The number of H-pyrrole nitrogens is 1. The standard InChI is InChI=1S/C13H15N3O3/c1-7-4-11(19-3)8(5-10(7)18-2)9-6-12(17)16-13(14)15-9/h4-6H,1-3H3,(H3,14,15,16,17). The first-order chi connectivity index (χ1) is 9.05. The highest BCUT2D eigenvalue weighted by Gasteiger charge is 2.12. The molecule has 0 bridgehead atoms. The van der Waals surface area contributed by atoms with Gasteiger partial charge < -0.3 is 15.2 Å². The zero-order valence-electron chi connectivity index (χ0n) is 11.0. The Balaban J connectivity index is 2.69. The molecule has 0 spiro atoms. The minimum absolute atomic E-state index is 0.0593. The number of hydrogen-bond acceptors (Lipinski definition) is 5. The molecule has 6 nitrogen and oxygen atoms in total. The average Bonchev–Trinajstić information content (AvgIpc) is 2.37. The van der Waals surface area contributed by atoms with E-state index in [-0.39, 0.29) is 11.5 Å². The molecule has 1 aromatic carbocycles. The van der Waals surface area contributed by atoms with Crippen LogP contribution in [0, 0.1) is 6.92 Å². The summed E-state index contributed by atoms with van der Waals surface area (Å²) in [5.74, 6) is 1.36. The summed E-state index contributed by atoms with van der Waals surface area (Å²) in [6.45, 7) is 1.91. The molecule has 1 aromatic heterocycles. The third kappa shape index (κ3) is 2.52. The molecule has 19 heavy (non-hydrogen) atoms. The van der Waals surface area contributed by atoms with Crippen LogP contribution in [0.4, 0.5) is 5.95 Å². The van der Waals surface area contributed by atoms with Gasteiger partial charge in [-0.3, -0.25) is 9.78 Å². The van der Waals surface area contributed by atoms with Gasteiger partial charge in [0.05, 0.1) is 19.9 Å². The van der Waals surface area contributed by atoms with E-state index in [4.69, 9.17) is 15.2 Å². The second-order valence-corrected chi connectivity index (χ2v) is 4.04. The van der Waals surface area contributed by atoms with Crippen molar-refractivity contribution in [1.82, 2.24) is 9.97 Å². The lowest BCUT2D eigenvalue weighted by Crippen LogP contribution is -2.10. The number of aryl methyl sites for hydroxylation is 1. The van der Waals surface area contributed by atoms with Crippen molar-refractivity contribution in [1.29, 1.82) is 0 Å². The van der Waals surface area contributed by atoms with Gasteiger partial charge in [-0.05, 0) is 24.6 Å². The lowest BCUT2D eigenvalue weighted by Gasteiger charge is -2.12. The number of aromatic amines is 1. The van der Waals surface area contributed by atoms with Crippen molar-refractivity contribution in [3.05, 3.63) is 34.1 Å². The van der Waals surface area contributed by atoms with E-state index in [9.17, 15) is 4.79 Å². The third-order valence-electron chi connectivity index (χ3n) is 2.75. The summed E-state index contributed by atoms with van der Waals surface area (Å²) >= 11 is 0. The maximum atomic E-state index is 11.5. The van der Waals surface area contributed by atoms with Crippen molar-refractivity contribution in [3.63, 3.8) is 0 Å². The van der Waals surface area contributed by atoms with Crippen LogP contribution in [0.5, 0.6) is 11.5 Å². The monoisotopic (exact) mass is 261 g/mol. The van der Waals surface area contributed by atoms with E-state index in [0.717, 1.165) is 5.56 Å². The van der Waals surface area contributed by atoms with Crippen molar-refractivity contribution in [2.45, 2.75) is 6.92 Å². The maximum absolute atomic E-state index is 11.5. The van der Waals surface area contributed by atoms with Gasteiger partial charge in [0.25, 0.3) is 5.56 Å². The summed E-state index contributed by atoms with van der Waals surface area (Å²) < 4.78 is 10.6. The highest BCUT2D eigenvalue weighted by molar-refractivity contribution is 5.70. The van der Waals surface area contributed by atoms with Gasteiger partial charge in [-0.1, -0.05) is 0 Å². The van der Waals surface area contributed by atoms with E-state index in [1.54, 1.807) is 20.3 Å². The van der Waals surface area contributed by atoms with Gasteiger partial charge in [0.15, 0.2) is 0 Å². The molecule has 2 rings (SSSR count). The summed E-state index contributed by atoms with van der Waals surface area (Å²) in [6.07, 6.45) is 0. The maximum Gasteiger partial charge on any atom is 0.252 e. The topological polar surface area (TPSA) is 90.2 Å². The lowest BCUT2D eigenvalue weighted by atomic mass is 10.1. The van der Waals surface area contributed by atoms with E-state index in [2.05, 4.69) is 9.97 Å². The molecule has 0 aliphatic rings. The number of rotatable bonds is 3. The van der Waals surface area contributed by atoms with Gasteiger partial charge in [0.2, 0.25) is 5.95 Å². The number of methoxy groups -OCH3 is 2. The van der Waals surface area contributed by atoms with E-state index >= 15 is 0 Å². The van der Waals surface area contributed by atoms with Gasteiger partial charge in [0, 0.05) is 11.6 Å². The highest BCUT2D eigenvalue weighted by Crippen LogP contribution is 2.34. The first kappa shape index (κ1) is 12.9. The third-order valence-corrected chi connectivity index (χ3v) is 2.75. The van der Waals surface area contributed by atoms with Crippen LogP contribution in [-0.4, -0.2) is 24.2 Å². The molecule has 0 aliphatic heterocycles. The predicted molar refractivity (Wildman–Crippen MR) is 72.5 cm³/mol. The molecular weight excluding hydrogens is 246 g/mol. The number of nitrogens with zero attached hydrogens (tertiary/aromatic N) is 1. The summed E-state index contributed by atoms with van der Waals surface area (Å²) in [6, 6.07) is 4.96. The molecule has 0 fully saturated rings. The molecular formula is C13H15N3O3. The Morgan fingerprint density at radius 1 is 1.16 bits per heavy atom. The van der Waals surface area contributed by atoms with Crippen molar-refractivity contribution in [3.8, 4) is 22.8 Å². The van der Waals surface area contributed by atoms with Crippen LogP contribution in [0.1, 0.15) is 5.56 Å². The fourth-order valence-electron chi connectivity index (χ4n) is 1.86. The van der Waals surface area contributed by atoms with Crippen LogP contribution in [0.2, 0.25) is 0 Å². The summed E-state index contributed by atoms with van der Waals surface area (Å²) in [7, 11) is 3.14. The molecule has 0 unspecified atom stereocenters. The SMILES string of the molecule is COc1cc(-c2cc(=O)[nH]c(N)n2)c(OC)cc1C. The Kier molecular flexibility index (Phi) is 3.41. The lowest BCUT2D eigenvalue weighted by molar-refractivity contribution is 0.401. The minimum Gasteiger partial charge on any atom is -0.496 e. The fourth-order valence-corrected chi connectivity index (χ4v) is 1.86. The molecule has 0 atom stereocenters.